The summed E-state index contributed by atoms with van der Waals surface area (Å²) in [6.45, 7) is 1.55. The minimum Gasteiger partial charge on any atom is -0.457 e. The molecule has 0 aliphatic carbocycles. The number of ether oxygens (including phenoxy) is 1. The maximum atomic E-state index is 12.8. The van der Waals surface area contributed by atoms with E-state index in [4.69, 9.17) is 21.4 Å². The molecule has 186 valence electrons. The Balaban J connectivity index is 1.54. The maximum Gasteiger partial charge on any atom is 0.198 e. The quantitative estimate of drug-likeness (QED) is 0.265. The van der Waals surface area contributed by atoms with E-state index in [2.05, 4.69) is 29.2 Å². The fourth-order valence-electron chi connectivity index (χ4n) is 4.26. The summed E-state index contributed by atoms with van der Waals surface area (Å²) in [6.07, 6.45) is -0.347. The van der Waals surface area contributed by atoms with Gasteiger partial charge >= 0.3 is 0 Å². The largest absolute Gasteiger partial charge is 0.457 e. The summed E-state index contributed by atoms with van der Waals surface area (Å²) in [6, 6.07) is 33.1. The first-order valence-corrected chi connectivity index (χ1v) is 12.3. The lowest BCUT2D eigenvalue weighted by Crippen LogP contribution is -2.37. The number of benzene rings is 4. The van der Waals surface area contributed by atoms with Crippen LogP contribution in [0.4, 0.5) is 17.1 Å². The van der Waals surface area contributed by atoms with Crippen molar-refractivity contribution in [3.05, 3.63) is 114 Å². The monoisotopic (exact) mass is 510 g/mol. The second-order valence-corrected chi connectivity index (χ2v) is 9.38. The van der Waals surface area contributed by atoms with E-state index in [1.54, 1.807) is 19.1 Å². The van der Waals surface area contributed by atoms with Gasteiger partial charge in [-0.25, -0.2) is 5.01 Å². The number of carbonyl (C=O) groups excluding carboxylic acids is 1. The van der Waals surface area contributed by atoms with Crippen molar-refractivity contribution in [1.82, 2.24) is 0 Å². The van der Waals surface area contributed by atoms with Crippen molar-refractivity contribution in [3.63, 3.8) is 0 Å². The highest BCUT2D eigenvalue weighted by molar-refractivity contribution is 6.44. The average Bonchev–Trinajstić information content (AvgIpc) is 3.32. The van der Waals surface area contributed by atoms with Crippen LogP contribution in [0.5, 0.6) is 11.5 Å². The van der Waals surface area contributed by atoms with E-state index in [1.165, 1.54) is 0 Å². The second-order valence-electron chi connectivity index (χ2n) is 8.94. The van der Waals surface area contributed by atoms with E-state index in [1.807, 2.05) is 90.7 Å². The van der Waals surface area contributed by atoms with Gasteiger partial charge in [0.05, 0.1) is 5.69 Å². The van der Waals surface area contributed by atoms with E-state index in [0.717, 1.165) is 22.6 Å². The number of anilines is 3. The molecule has 0 saturated carbocycles. The summed E-state index contributed by atoms with van der Waals surface area (Å²) in [5.74, 6) is 1.63. The van der Waals surface area contributed by atoms with E-state index < -0.39 is 0 Å². The van der Waals surface area contributed by atoms with Gasteiger partial charge in [0.15, 0.2) is 17.8 Å². The molecule has 1 unspecified atom stereocenters. The minimum absolute atomic E-state index is 0.116. The third-order valence-corrected chi connectivity index (χ3v) is 6.37. The molecular weight excluding hydrogens is 484 g/mol. The first-order valence-electron chi connectivity index (χ1n) is 11.9. The Hall–Kier alpha value is -4.29. The standard InChI is InChI=1S/C30H27ClN4O2/c1-21(36)29-32-35(26-7-5-4-6-8-26)30(22-9-13-24(14-10-22)33(2)3)34(29)25-15-19-28(20-16-25)37-27-17-11-23(31)12-18-27/h4-20,30H,1-3H3. The molecular formula is C30H27ClN4O2. The minimum atomic E-state index is -0.347. The molecule has 4 aromatic carbocycles. The lowest BCUT2D eigenvalue weighted by atomic mass is 10.1. The molecule has 1 heterocycles. The van der Waals surface area contributed by atoms with Crippen molar-refractivity contribution in [3.8, 4) is 11.5 Å². The van der Waals surface area contributed by atoms with Crippen molar-refractivity contribution in [1.29, 1.82) is 0 Å². The van der Waals surface area contributed by atoms with Gasteiger partial charge in [-0.3, -0.25) is 9.69 Å². The molecule has 0 amide bonds. The van der Waals surface area contributed by atoms with Crippen LogP contribution >= 0.6 is 11.6 Å². The molecule has 6 nitrogen and oxygen atoms in total. The fraction of sp³-hybridized carbons (Fsp3) is 0.133. The Morgan fingerprint density at radius 2 is 1.41 bits per heavy atom. The van der Waals surface area contributed by atoms with Crippen LogP contribution in [0.2, 0.25) is 5.02 Å². The number of hydrazone groups is 1. The Kier molecular flexibility index (Phi) is 6.84. The molecule has 5 rings (SSSR count). The summed E-state index contributed by atoms with van der Waals surface area (Å²) in [5.41, 5.74) is 3.83. The van der Waals surface area contributed by atoms with Gasteiger partial charge in [-0.1, -0.05) is 41.9 Å². The number of para-hydroxylation sites is 1. The van der Waals surface area contributed by atoms with Crippen molar-refractivity contribution in [2.45, 2.75) is 13.1 Å². The molecule has 37 heavy (non-hydrogen) atoms. The molecule has 0 radical (unpaired) electrons. The summed E-state index contributed by atoms with van der Waals surface area (Å²) in [4.78, 5) is 16.9. The number of amidine groups is 1. The second kappa shape index (κ2) is 10.4. The zero-order valence-corrected chi connectivity index (χ0v) is 21.6. The van der Waals surface area contributed by atoms with E-state index in [9.17, 15) is 4.79 Å². The Labute approximate surface area is 222 Å². The Morgan fingerprint density at radius 1 is 0.811 bits per heavy atom. The van der Waals surface area contributed by atoms with Crippen LogP contribution in [0, 0.1) is 0 Å². The molecule has 0 N–H and O–H groups in total. The Morgan fingerprint density at radius 3 is 1.97 bits per heavy atom. The van der Waals surface area contributed by atoms with Crippen LogP contribution in [0.1, 0.15) is 18.7 Å². The molecule has 0 spiro atoms. The lowest BCUT2D eigenvalue weighted by molar-refractivity contribution is -0.111. The van der Waals surface area contributed by atoms with Gasteiger partial charge < -0.3 is 9.64 Å². The molecule has 7 heteroatoms. The highest BCUT2D eigenvalue weighted by Gasteiger charge is 2.39. The summed E-state index contributed by atoms with van der Waals surface area (Å²) in [5, 5.41) is 7.36. The predicted molar refractivity (Wildman–Crippen MR) is 151 cm³/mol. The van der Waals surface area contributed by atoms with Gasteiger partial charge in [0.2, 0.25) is 0 Å². The number of carbonyl (C=O) groups is 1. The smallest absolute Gasteiger partial charge is 0.198 e. The van der Waals surface area contributed by atoms with Gasteiger partial charge in [-0.2, -0.15) is 0 Å². The van der Waals surface area contributed by atoms with Crippen LogP contribution in [0.25, 0.3) is 0 Å². The van der Waals surface area contributed by atoms with Crippen molar-refractivity contribution in [2.24, 2.45) is 5.10 Å². The molecule has 0 saturated heterocycles. The predicted octanol–water partition coefficient (Wildman–Crippen LogP) is 7.13. The normalized spacial score (nSPS) is 14.9. The molecule has 0 aromatic heterocycles. The third kappa shape index (κ3) is 5.15. The number of ketones is 1. The molecule has 1 aliphatic rings. The number of hydrogen-bond donors (Lipinski definition) is 0. The first-order chi connectivity index (χ1) is 17.9. The van der Waals surface area contributed by atoms with Crippen molar-refractivity contribution in [2.75, 3.05) is 28.9 Å². The zero-order chi connectivity index (χ0) is 25.9. The van der Waals surface area contributed by atoms with Crippen LogP contribution in [0.3, 0.4) is 0 Å². The van der Waals surface area contributed by atoms with E-state index >= 15 is 0 Å². The summed E-state index contributed by atoms with van der Waals surface area (Å²) >= 11 is 5.99. The third-order valence-electron chi connectivity index (χ3n) is 6.11. The number of nitrogens with zero attached hydrogens (tertiary/aromatic N) is 4. The molecule has 1 atom stereocenters. The van der Waals surface area contributed by atoms with Gasteiger partial charge in [-0.05, 0) is 78.4 Å². The molecule has 1 aliphatic heterocycles. The Bertz CT molecular complexity index is 1400. The molecule has 4 aromatic rings. The zero-order valence-electron chi connectivity index (χ0n) is 20.9. The molecule has 0 bridgehead atoms. The SMILES string of the molecule is CC(=O)C1=NN(c2ccccc2)C(c2ccc(N(C)C)cc2)N1c1ccc(Oc2ccc(Cl)cc2)cc1. The van der Waals surface area contributed by atoms with E-state index in [0.29, 0.717) is 22.4 Å². The number of rotatable bonds is 7. The van der Waals surface area contributed by atoms with Gasteiger partial charge in [0.25, 0.3) is 0 Å². The number of Topliss-reactive ketones (excluding diaryl/α,β-unsaturated/α-hetero) is 1. The van der Waals surface area contributed by atoms with Gasteiger partial charge in [0.1, 0.15) is 11.5 Å². The fourth-order valence-corrected chi connectivity index (χ4v) is 4.39. The first kappa shape index (κ1) is 24.4. The maximum absolute atomic E-state index is 12.8. The number of hydrogen-bond acceptors (Lipinski definition) is 6. The lowest BCUT2D eigenvalue weighted by Gasteiger charge is -2.32. The van der Waals surface area contributed by atoms with Crippen LogP contribution in [0.15, 0.2) is 108 Å². The van der Waals surface area contributed by atoms with Crippen molar-refractivity contribution >= 4 is 40.3 Å². The highest BCUT2D eigenvalue weighted by Crippen LogP contribution is 2.40. The van der Waals surface area contributed by atoms with E-state index in [-0.39, 0.29) is 11.9 Å². The average molecular weight is 511 g/mol. The highest BCUT2D eigenvalue weighted by atomic mass is 35.5. The molecule has 0 fully saturated rings. The topological polar surface area (TPSA) is 48.4 Å². The van der Waals surface area contributed by atoms with Crippen LogP contribution in [-0.2, 0) is 4.79 Å². The van der Waals surface area contributed by atoms with Gasteiger partial charge in [0, 0.05) is 37.4 Å². The summed E-state index contributed by atoms with van der Waals surface area (Å²) < 4.78 is 5.97. The van der Waals surface area contributed by atoms with Gasteiger partial charge in [-0.15, -0.1) is 5.10 Å². The van der Waals surface area contributed by atoms with Crippen molar-refractivity contribution < 1.29 is 9.53 Å². The van der Waals surface area contributed by atoms with Crippen LogP contribution in [-0.4, -0.2) is 25.7 Å². The van der Waals surface area contributed by atoms with Crippen LogP contribution < -0.4 is 19.5 Å². The summed E-state index contributed by atoms with van der Waals surface area (Å²) in [7, 11) is 4.02. The number of halogens is 1.